The van der Waals surface area contributed by atoms with E-state index in [1.165, 1.54) is 11.6 Å². The average Bonchev–Trinajstić information content (AvgIpc) is 3.14. The first-order valence-corrected chi connectivity index (χ1v) is 11.7. The van der Waals surface area contributed by atoms with E-state index >= 15 is 0 Å². The minimum atomic E-state index is -0.588. The molecule has 0 unspecified atom stereocenters. The Bertz CT molecular complexity index is 1230. The van der Waals surface area contributed by atoms with Crippen LogP contribution in [0.3, 0.4) is 0 Å². The molecule has 0 bridgehead atoms. The zero-order valence-electron chi connectivity index (χ0n) is 21.5. The second kappa shape index (κ2) is 12.6. The monoisotopic (exact) mass is 491 g/mol. The third-order valence-corrected chi connectivity index (χ3v) is 5.81. The van der Waals surface area contributed by atoms with Gasteiger partial charge in [0.05, 0.1) is 26.5 Å². The van der Waals surface area contributed by atoms with Crippen LogP contribution in [0.25, 0.3) is 6.08 Å². The van der Waals surface area contributed by atoms with E-state index < -0.39 is 5.97 Å². The maximum Gasteiger partial charge on any atom is 0.331 e. The molecular formula is C28H33N3O5. The van der Waals surface area contributed by atoms with Crippen molar-refractivity contribution in [2.75, 3.05) is 27.4 Å². The van der Waals surface area contributed by atoms with Gasteiger partial charge in [0, 0.05) is 23.9 Å². The highest BCUT2D eigenvalue weighted by Gasteiger charge is 2.11. The van der Waals surface area contributed by atoms with Gasteiger partial charge >= 0.3 is 5.97 Å². The minimum absolute atomic E-state index is 0.347. The van der Waals surface area contributed by atoms with Gasteiger partial charge in [0.25, 0.3) is 5.91 Å². The number of carbonyl (C=O) groups excluding carboxylic acids is 2. The molecular weight excluding hydrogens is 458 g/mol. The Morgan fingerprint density at radius 3 is 2.36 bits per heavy atom. The van der Waals surface area contributed by atoms with Crippen molar-refractivity contribution in [3.8, 4) is 11.5 Å². The van der Waals surface area contributed by atoms with Crippen molar-refractivity contribution in [3.05, 3.63) is 82.2 Å². The molecule has 0 saturated heterocycles. The topological polar surface area (TPSA) is 91.7 Å². The number of hydrogen-bond acceptors (Lipinski definition) is 6. The predicted molar refractivity (Wildman–Crippen MR) is 138 cm³/mol. The molecule has 8 nitrogen and oxygen atoms in total. The highest BCUT2D eigenvalue weighted by Crippen LogP contribution is 2.27. The Morgan fingerprint density at radius 1 is 0.972 bits per heavy atom. The van der Waals surface area contributed by atoms with Crippen molar-refractivity contribution in [2.45, 2.75) is 33.7 Å². The molecule has 1 aromatic heterocycles. The molecule has 190 valence electrons. The van der Waals surface area contributed by atoms with Gasteiger partial charge in [-0.1, -0.05) is 35.9 Å². The van der Waals surface area contributed by atoms with Crippen molar-refractivity contribution in [1.82, 2.24) is 15.1 Å². The third-order valence-electron chi connectivity index (χ3n) is 5.81. The highest BCUT2D eigenvalue weighted by atomic mass is 16.5. The number of methoxy groups -OCH3 is 2. The predicted octanol–water partition coefficient (Wildman–Crippen LogP) is 3.79. The van der Waals surface area contributed by atoms with Crippen LogP contribution in [0, 0.1) is 20.8 Å². The Kier molecular flexibility index (Phi) is 9.27. The van der Waals surface area contributed by atoms with Gasteiger partial charge in [0.15, 0.2) is 18.1 Å². The van der Waals surface area contributed by atoms with Crippen molar-refractivity contribution in [1.29, 1.82) is 0 Å². The summed E-state index contributed by atoms with van der Waals surface area (Å²) in [6.45, 7) is 6.62. The minimum Gasteiger partial charge on any atom is -0.493 e. The second-order valence-electron chi connectivity index (χ2n) is 8.46. The van der Waals surface area contributed by atoms with Gasteiger partial charge in [-0.05, 0) is 56.5 Å². The average molecular weight is 492 g/mol. The molecule has 2 aromatic carbocycles. The van der Waals surface area contributed by atoms with Crippen molar-refractivity contribution in [3.63, 3.8) is 0 Å². The number of carbonyl (C=O) groups is 2. The number of aromatic nitrogens is 2. The van der Waals surface area contributed by atoms with Gasteiger partial charge in [0.1, 0.15) is 0 Å². The summed E-state index contributed by atoms with van der Waals surface area (Å²) >= 11 is 0. The Balaban J connectivity index is 1.46. The van der Waals surface area contributed by atoms with Crippen molar-refractivity contribution >= 4 is 18.0 Å². The van der Waals surface area contributed by atoms with Crippen molar-refractivity contribution < 1.29 is 23.8 Å². The SMILES string of the molecule is COc1ccc(CCNC(=O)COC(=O)/C=C/c2c(C)nn(Cc3ccc(C)cc3)c2C)cc1OC. The maximum absolute atomic E-state index is 12.2. The van der Waals surface area contributed by atoms with Crippen molar-refractivity contribution in [2.24, 2.45) is 0 Å². The van der Waals surface area contributed by atoms with Gasteiger partial charge in [-0.2, -0.15) is 5.10 Å². The van der Waals surface area contributed by atoms with E-state index in [2.05, 4.69) is 41.6 Å². The first kappa shape index (κ1) is 26.5. The number of rotatable bonds is 11. The van der Waals surface area contributed by atoms with Gasteiger partial charge < -0.3 is 19.5 Å². The molecule has 1 heterocycles. The second-order valence-corrected chi connectivity index (χ2v) is 8.46. The fourth-order valence-electron chi connectivity index (χ4n) is 3.74. The number of ether oxygens (including phenoxy) is 3. The van der Waals surface area contributed by atoms with E-state index in [0.717, 1.165) is 28.1 Å². The fraction of sp³-hybridized carbons (Fsp3) is 0.321. The lowest BCUT2D eigenvalue weighted by molar-refractivity contribution is -0.143. The van der Waals surface area contributed by atoms with Crippen LogP contribution >= 0.6 is 0 Å². The number of hydrogen-bond donors (Lipinski definition) is 1. The lowest BCUT2D eigenvalue weighted by Crippen LogP contribution is -2.30. The number of aryl methyl sites for hydroxylation is 2. The number of esters is 1. The van der Waals surface area contributed by atoms with Crippen LogP contribution < -0.4 is 14.8 Å². The zero-order valence-corrected chi connectivity index (χ0v) is 21.5. The fourth-order valence-corrected chi connectivity index (χ4v) is 3.74. The summed E-state index contributed by atoms with van der Waals surface area (Å²) in [7, 11) is 3.16. The number of nitrogens with zero attached hydrogens (tertiary/aromatic N) is 2. The summed E-state index contributed by atoms with van der Waals surface area (Å²) in [5.41, 5.74) is 5.97. The molecule has 0 aliphatic carbocycles. The molecule has 0 radical (unpaired) electrons. The molecule has 3 aromatic rings. The molecule has 1 amide bonds. The molecule has 3 rings (SSSR count). The summed E-state index contributed by atoms with van der Waals surface area (Å²) in [6, 6.07) is 13.9. The van der Waals surface area contributed by atoms with Crippen LogP contribution in [0.1, 0.15) is 33.6 Å². The molecule has 0 spiro atoms. The highest BCUT2D eigenvalue weighted by molar-refractivity contribution is 5.89. The van der Waals surface area contributed by atoms with Gasteiger partial charge in [-0.25, -0.2) is 4.79 Å². The third kappa shape index (κ3) is 7.21. The Morgan fingerprint density at radius 2 is 1.67 bits per heavy atom. The first-order chi connectivity index (χ1) is 17.3. The molecule has 0 atom stereocenters. The van der Waals surface area contributed by atoms with Crippen LogP contribution in [-0.4, -0.2) is 49.0 Å². The van der Waals surface area contributed by atoms with E-state index in [9.17, 15) is 9.59 Å². The molecule has 0 saturated carbocycles. The Labute approximate surface area is 211 Å². The lowest BCUT2D eigenvalue weighted by atomic mass is 10.1. The number of nitrogens with one attached hydrogen (secondary N) is 1. The van der Waals surface area contributed by atoms with Crippen LogP contribution in [0.5, 0.6) is 11.5 Å². The summed E-state index contributed by atoms with van der Waals surface area (Å²) in [5, 5.41) is 7.34. The summed E-state index contributed by atoms with van der Waals surface area (Å²) in [6.07, 6.45) is 3.61. The molecule has 36 heavy (non-hydrogen) atoms. The van der Waals surface area contributed by atoms with Crippen LogP contribution in [0.2, 0.25) is 0 Å². The standard InChI is InChI=1S/C28H33N3O5/c1-19-6-8-23(9-7-19)17-31-21(3)24(20(2)30-31)11-13-28(33)36-18-27(32)29-15-14-22-10-12-25(34-4)26(16-22)35-5/h6-13,16H,14-15,17-18H2,1-5H3,(H,29,32)/b13-11+. The lowest BCUT2D eigenvalue weighted by Gasteiger charge is -2.10. The smallest absolute Gasteiger partial charge is 0.331 e. The van der Waals surface area contributed by atoms with Crippen LogP contribution in [-0.2, 0) is 27.3 Å². The van der Waals surface area contributed by atoms with E-state index in [0.29, 0.717) is 31.0 Å². The quantitative estimate of drug-likeness (QED) is 0.324. The zero-order chi connectivity index (χ0) is 26.1. The van der Waals surface area contributed by atoms with E-state index in [4.69, 9.17) is 14.2 Å². The van der Waals surface area contributed by atoms with Gasteiger partial charge in [-0.3, -0.25) is 9.48 Å². The summed E-state index contributed by atoms with van der Waals surface area (Å²) in [5.74, 6) is 0.327. The molecule has 0 aliphatic rings. The van der Waals surface area contributed by atoms with E-state index in [-0.39, 0.29) is 12.5 Å². The Hall–Kier alpha value is -4.07. The molecule has 0 fully saturated rings. The largest absolute Gasteiger partial charge is 0.493 e. The maximum atomic E-state index is 12.2. The van der Waals surface area contributed by atoms with Crippen LogP contribution in [0.4, 0.5) is 0 Å². The van der Waals surface area contributed by atoms with Gasteiger partial charge in [-0.15, -0.1) is 0 Å². The summed E-state index contributed by atoms with van der Waals surface area (Å²) in [4.78, 5) is 24.2. The number of amides is 1. The normalized spacial score (nSPS) is 10.9. The molecule has 8 heteroatoms. The molecule has 1 N–H and O–H groups in total. The summed E-state index contributed by atoms with van der Waals surface area (Å²) < 4.78 is 17.5. The number of benzene rings is 2. The van der Waals surface area contributed by atoms with E-state index in [1.54, 1.807) is 20.3 Å². The van der Waals surface area contributed by atoms with E-state index in [1.807, 2.05) is 36.7 Å². The molecule has 0 aliphatic heterocycles. The van der Waals surface area contributed by atoms with Gasteiger partial charge in [0.2, 0.25) is 0 Å². The van der Waals surface area contributed by atoms with Crippen LogP contribution in [0.15, 0.2) is 48.5 Å². The first-order valence-electron chi connectivity index (χ1n) is 11.7.